The Hall–Kier alpha value is -2.85. The van der Waals surface area contributed by atoms with E-state index in [1.807, 2.05) is 18.2 Å². The molecule has 0 spiro atoms. The number of benzene rings is 2. The molecule has 1 fully saturated rings. The molecule has 190 valence electrons. The number of fused-ring (bicyclic) bond motifs is 1. The number of halogens is 3. The van der Waals surface area contributed by atoms with Crippen LogP contribution in [0.5, 0.6) is 5.75 Å². The number of aromatic nitrogens is 2. The number of nitrogens with zero attached hydrogens (tertiary/aromatic N) is 3. The van der Waals surface area contributed by atoms with Gasteiger partial charge in [-0.05, 0) is 30.5 Å². The number of thiophene rings is 1. The lowest BCUT2D eigenvalue weighted by Crippen LogP contribution is -2.45. The van der Waals surface area contributed by atoms with Crippen molar-refractivity contribution in [1.29, 1.82) is 0 Å². The number of aliphatic hydroxyl groups excluding tert-OH is 1. The van der Waals surface area contributed by atoms with Gasteiger partial charge in [-0.1, -0.05) is 30.3 Å². The molecule has 1 saturated heterocycles. The maximum Gasteiger partial charge on any atom is 0.167 e. The number of hydrogen-bond donors (Lipinski definition) is 2. The van der Waals surface area contributed by atoms with Gasteiger partial charge >= 0.3 is 0 Å². The highest BCUT2D eigenvalue weighted by Crippen LogP contribution is 2.38. The predicted molar refractivity (Wildman–Crippen MR) is 141 cm³/mol. The molecule has 4 aromatic rings. The topological polar surface area (TPSA) is 70.5 Å². The van der Waals surface area contributed by atoms with Gasteiger partial charge in [0.1, 0.15) is 35.5 Å². The van der Waals surface area contributed by atoms with E-state index in [9.17, 15) is 13.9 Å². The van der Waals surface area contributed by atoms with E-state index in [-0.39, 0.29) is 30.8 Å². The van der Waals surface area contributed by atoms with Crippen LogP contribution in [0.1, 0.15) is 12.8 Å². The summed E-state index contributed by atoms with van der Waals surface area (Å²) in [5.74, 6) is -0.555. The Morgan fingerprint density at radius 2 is 1.89 bits per heavy atom. The van der Waals surface area contributed by atoms with Gasteiger partial charge in [0.15, 0.2) is 11.6 Å². The van der Waals surface area contributed by atoms with Gasteiger partial charge in [-0.25, -0.2) is 18.7 Å². The largest absolute Gasteiger partial charge is 0.488 e. The first-order chi connectivity index (χ1) is 17.1. The maximum absolute atomic E-state index is 13.7. The van der Waals surface area contributed by atoms with Crippen molar-refractivity contribution < 1.29 is 18.6 Å². The number of rotatable bonds is 8. The van der Waals surface area contributed by atoms with Crippen LogP contribution in [0.15, 0.2) is 60.2 Å². The molecule has 0 radical (unpaired) electrons. The molecule has 36 heavy (non-hydrogen) atoms. The molecule has 1 atom stereocenters. The van der Waals surface area contributed by atoms with Crippen molar-refractivity contribution in [1.82, 2.24) is 15.3 Å². The Morgan fingerprint density at radius 1 is 1.11 bits per heavy atom. The molecule has 10 heteroatoms. The minimum Gasteiger partial charge on any atom is -0.488 e. The molecule has 1 unspecified atom stereocenters. The van der Waals surface area contributed by atoms with Gasteiger partial charge in [0.25, 0.3) is 0 Å². The highest BCUT2D eigenvalue weighted by atomic mass is 35.5. The molecule has 0 saturated carbocycles. The van der Waals surface area contributed by atoms with Crippen molar-refractivity contribution in [3.63, 3.8) is 0 Å². The van der Waals surface area contributed by atoms with Gasteiger partial charge in [0.05, 0.1) is 5.39 Å². The number of ether oxygens (including phenoxy) is 1. The minimum atomic E-state index is -0.807. The normalized spacial score (nSPS) is 15.0. The molecule has 6 nitrogen and oxygen atoms in total. The standard InChI is InChI=1S/C26H26F2N4O2S.ClH/c27-18-6-7-23(22(28)12-18)34-14-20(33)13-29-19-8-10-32(11-9-19)25-24-21(17-4-2-1-3-5-17)15-35-26(24)31-16-30-25;/h1-7,12,15-16,19-20,29,33H,8-11,13-14H2;1H. The van der Waals surface area contributed by atoms with Gasteiger partial charge in [-0.15, -0.1) is 23.7 Å². The smallest absolute Gasteiger partial charge is 0.167 e. The van der Waals surface area contributed by atoms with Crippen LogP contribution in [0.4, 0.5) is 14.6 Å². The predicted octanol–water partition coefficient (Wildman–Crippen LogP) is 5.06. The molecule has 0 aliphatic carbocycles. The van der Waals surface area contributed by atoms with Crippen LogP contribution in [0, 0.1) is 11.6 Å². The van der Waals surface area contributed by atoms with Crippen molar-refractivity contribution in [2.24, 2.45) is 0 Å². The van der Waals surface area contributed by atoms with Gasteiger partial charge < -0.3 is 20.1 Å². The Bertz CT molecular complexity index is 1290. The van der Waals surface area contributed by atoms with Crippen molar-refractivity contribution in [2.45, 2.75) is 25.0 Å². The van der Waals surface area contributed by atoms with Crippen LogP contribution < -0.4 is 15.0 Å². The van der Waals surface area contributed by atoms with Gasteiger partial charge in [0.2, 0.25) is 0 Å². The summed E-state index contributed by atoms with van der Waals surface area (Å²) < 4.78 is 32.0. The molecular weight excluding hydrogens is 506 g/mol. The summed E-state index contributed by atoms with van der Waals surface area (Å²) in [7, 11) is 0. The fraction of sp³-hybridized carbons (Fsp3) is 0.308. The second kappa shape index (κ2) is 11.9. The highest BCUT2D eigenvalue weighted by molar-refractivity contribution is 7.17. The van der Waals surface area contributed by atoms with Crippen LogP contribution in [0.3, 0.4) is 0 Å². The Kier molecular flexibility index (Phi) is 8.68. The van der Waals surface area contributed by atoms with Crippen molar-refractivity contribution in [2.75, 3.05) is 31.1 Å². The van der Waals surface area contributed by atoms with E-state index in [4.69, 9.17) is 4.74 Å². The fourth-order valence-corrected chi connectivity index (χ4v) is 5.28. The third kappa shape index (κ3) is 5.92. The third-order valence-corrected chi connectivity index (χ3v) is 7.08. The lowest BCUT2D eigenvalue weighted by molar-refractivity contribution is 0.100. The lowest BCUT2D eigenvalue weighted by atomic mass is 10.0. The van der Waals surface area contributed by atoms with Crippen LogP contribution in [0.2, 0.25) is 0 Å². The Balaban J connectivity index is 0.00000304. The minimum absolute atomic E-state index is 0. The average molecular weight is 533 g/mol. The second-order valence-electron chi connectivity index (χ2n) is 8.60. The molecule has 0 bridgehead atoms. The number of nitrogens with one attached hydrogen (secondary N) is 1. The summed E-state index contributed by atoms with van der Waals surface area (Å²) in [6.45, 7) is 1.92. The van der Waals surface area contributed by atoms with E-state index in [0.717, 1.165) is 65.2 Å². The Labute approximate surface area is 218 Å². The first-order valence-electron chi connectivity index (χ1n) is 11.6. The first kappa shape index (κ1) is 26.2. The molecule has 0 amide bonds. The Morgan fingerprint density at radius 3 is 2.64 bits per heavy atom. The monoisotopic (exact) mass is 532 g/mol. The molecule has 5 rings (SSSR count). The zero-order chi connectivity index (χ0) is 24.2. The van der Waals surface area contributed by atoms with Crippen LogP contribution >= 0.6 is 23.7 Å². The summed E-state index contributed by atoms with van der Waals surface area (Å²) in [4.78, 5) is 12.4. The first-order valence-corrected chi connectivity index (χ1v) is 12.5. The number of hydrogen-bond acceptors (Lipinski definition) is 7. The van der Waals surface area contributed by atoms with Crippen molar-refractivity contribution in [3.8, 4) is 16.9 Å². The quantitative estimate of drug-likeness (QED) is 0.331. The van der Waals surface area contributed by atoms with E-state index < -0.39 is 17.7 Å². The number of aliphatic hydroxyl groups is 1. The molecule has 2 N–H and O–H groups in total. The van der Waals surface area contributed by atoms with Crippen molar-refractivity contribution >= 4 is 39.8 Å². The summed E-state index contributed by atoms with van der Waals surface area (Å²) in [5, 5.41) is 16.9. The molecule has 1 aliphatic rings. The van der Waals surface area contributed by atoms with E-state index in [2.05, 4.69) is 37.7 Å². The molecule has 2 aromatic carbocycles. The van der Waals surface area contributed by atoms with E-state index in [1.54, 1.807) is 17.7 Å². The highest BCUT2D eigenvalue weighted by Gasteiger charge is 2.24. The van der Waals surface area contributed by atoms with Gasteiger partial charge in [-0.3, -0.25) is 0 Å². The summed E-state index contributed by atoms with van der Waals surface area (Å²) in [6, 6.07) is 13.7. The molecule has 1 aliphatic heterocycles. The van der Waals surface area contributed by atoms with E-state index >= 15 is 0 Å². The van der Waals surface area contributed by atoms with E-state index in [0.29, 0.717) is 6.54 Å². The zero-order valence-corrected chi connectivity index (χ0v) is 21.1. The van der Waals surface area contributed by atoms with Gasteiger partial charge in [0, 0.05) is 42.7 Å². The average Bonchev–Trinajstić information content (AvgIpc) is 3.32. The molecule has 3 heterocycles. The van der Waals surface area contributed by atoms with Crippen LogP contribution in [-0.2, 0) is 0 Å². The van der Waals surface area contributed by atoms with Crippen LogP contribution in [-0.4, -0.2) is 53.5 Å². The second-order valence-corrected chi connectivity index (χ2v) is 9.46. The fourth-order valence-electron chi connectivity index (χ4n) is 4.36. The maximum atomic E-state index is 13.7. The van der Waals surface area contributed by atoms with E-state index in [1.165, 1.54) is 6.07 Å². The number of piperidine rings is 1. The molecule has 2 aromatic heterocycles. The lowest BCUT2D eigenvalue weighted by Gasteiger charge is -2.34. The summed E-state index contributed by atoms with van der Waals surface area (Å²) >= 11 is 1.63. The third-order valence-electron chi connectivity index (χ3n) is 6.20. The zero-order valence-electron chi connectivity index (χ0n) is 19.4. The van der Waals surface area contributed by atoms with Crippen LogP contribution in [0.25, 0.3) is 21.3 Å². The van der Waals surface area contributed by atoms with Gasteiger partial charge in [-0.2, -0.15) is 0 Å². The number of anilines is 1. The SMILES string of the molecule is Cl.OC(CNC1CCN(c2ncnc3scc(-c4ccccc4)c23)CC1)COc1ccc(F)cc1F. The summed E-state index contributed by atoms with van der Waals surface area (Å²) in [6.07, 6.45) is 2.62. The summed E-state index contributed by atoms with van der Waals surface area (Å²) in [5.41, 5.74) is 2.31. The molecular formula is C26H27ClF2N4O2S. The van der Waals surface area contributed by atoms with Crippen molar-refractivity contribution in [3.05, 3.63) is 71.9 Å².